The highest BCUT2D eigenvalue weighted by Crippen LogP contribution is 2.37. The number of likely N-dealkylation sites (tertiary alicyclic amines) is 1. The van der Waals surface area contributed by atoms with E-state index in [0.29, 0.717) is 30.2 Å². The van der Waals surface area contributed by atoms with Gasteiger partial charge in [0.15, 0.2) is 0 Å². The number of nitrogen functional groups attached to an aromatic ring is 1. The van der Waals surface area contributed by atoms with Crippen molar-refractivity contribution in [1.29, 1.82) is 0 Å². The number of hydrogen-bond acceptors (Lipinski definition) is 5. The summed E-state index contributed by atoms with van der Waals surface area (Å²) in [4.78, 5) is 32.7. The predicted octanol–water partition coefficient (Wildman–Crippen LogP) is 2.51. The lowest BCUT2D eigenvalue weighted by Gasteiger charge is -2.46. The highest BCUT2D eigenvalue weighted by molar-refractivity contribution is 5.93. The van der Waals surface area contributed by atoms with E-state index in [1.165, 1.54) is 32.1 Å². The molecule has 5 rings (SSSR count). The van der Waals surface area contributed by atoms with Gasteiger partial charge in [-0.05, 0) is 43.4 Å². The molecule has 7 nitrogen and oxygen atoms in total. The van der Waals surface area contributed by atoms with E-state index in [9.17, 15) is 9.59 Å². The van der Waals surface area contributed by atoms with Crippen LogP contribution in [0.3, 0.4) is 0 Å². The highest BCUT2D eigenvalue weighted by Gasteiger charge is 2.37. The van der Waals surface area contributed by atoms with Crippen LogP contribution in [0.15, 0.2) is 35.3 Å². The van der Waals surface area contributed by atoms with Gasteiger partial charge in [-0.2, -0.15) is 0 Å². The van der Waals surface area contributed by atoms with Gasteiger partial charge in [0.05, 0.1) is 0 Å². The Morgan fingerprint density at radius 2 is 1.97 bits per heavy atom. The molecule has 1 amide bonds. The molecule has 0 radical (unpaired) electrons. The van der Waals surface area contributed by atoms with Crippen molar-refractivity contribution in [1.82, 2.24) is 19.8 Å². The number of carbonyl (C=O) groups excluding carboxylic acids is 1. The number of carbonyl (C=O) groups is 1. The highest BCUT2D eigenvalue weighted by atomic mass is 16.2. The SMILES string of the molecule is Nc1ncccc1CNC(=O)c1ccc2n(c1=O)C[C@H]1C[C@@H]2CN(C2CCCCC2)C1. The molecule has 7 heteroatoms. The van der Waals surface area contributed by atoms with Gasteiger partial charge in [-0.25, -0.2) is 4.98 Å². The van der Waals surface area contributed by atoms with E-state index >= 15 is 0 Å². The Morgan fingerprint density at radius 3 is 2.77 bits per heavy atom. The van der Waals surface area contributed by atoms with Gasteiger partial charge in [0.1, 0.15) is 11.4 Å². The summed E-state index contributed by atoms with van der Waals surface area (Å²) >= 11 is 0. The molecule has 2 aromatic rings. The van der Waals surface area contributed by atoms with E-state index in [4.69, 9.17) is 5.73 Å². The molecule has 2 fully saturated rings. The van der Waals surface area contributed by atoms with Crippen LogP contribution in [0.1, 0.15) is 66.1 Å². The summed E-state index contributed by atoms with van der Waals surface area (Å²) in [5.74, 6) is 0.900. The van der Waals surface area contributed by atoms with Crippen LogP contribution >= 0.6 is 0 Å². The molecule has 0 unspecified atom stereocenters. The molecule has 1 saturated heterocycles. The van der Waals surface area contributed by atoms with Crippen LogP contribution < -0.4 is 16.6 Å². The smallest absolute Gasteiger partial charge is 0.263 e. The van der Waals surface area contributed by atoms with Crippen molar-refractivity contribution in [2.45, 2.75) is 63.6 Å². The molecule has 2 aromatic heterocycles. The molecule has 31 heavy (non-hydrogen) atoms. The van der Waals surface area contributed by atoms with Crippen LogP contribution in [0.5, 0.6) is 0 Å². The summed E-state index contributed by atoms with van der Waals surface area (Å²) in [7, 11) is 0. The molecule has 164 valence electrons. The number of hydrogen-bond donors (Lipinski definition) is 2. The van der Waals surface area contributed by atoms with Gasteiger partial charge >= 0.3 is 0 Å². The third-order valence-electron chi connectivity index (χ3n) is 7.33. The summed E-state index contributed by atoms with van der Waals surface area (Å²) < 4.78 is 1.87. The van der Waals surface area contributed by atoms with Crippen molar-refractivity contribution < 1.29 is 4.79 Å². The minimum atomic E-state index is -0.358. The summed E-state index contributed by atoms with van der Waals surface area (Å²) in [6.07, 6.45) is 9.44. The lowest BCUT2D eigenvalue weighted by Crippen LogP contribution is -2.51. The zero-order valence-corrected chi connectivity index (χ0v) is 17.9. The van der Waals surface area contributed by atoms with Crippen molar-refractivity contribution in [3.8, 4) is 0 Å². The summed E-state index contributed by atoms with van der Waals surface area (Å²) in [5.41, 5.74) is 7.72. The summed E-state index contributed by atoms with van der Waals surface area (Å²) in [6, 6.07) is 8.01. The first kappa shape index (κ1) is 20.2. The number of nitrogens with one attached hydrogen (secondary N) is 1. The number of nitrogens with two attached hydrogens (primary N) is 1. The van der Waals surface area contributed by atoms with Crippen molar-refractivity contribution in [2.75, 3.05) is 18.8 Å². The zero-order valence-electron chi connectivity index (χ0n) is 17.9. The summed E-state index contributed by atoms with van der Waals surface area (Å²) in [5, 5.41) is 2.82. The molecule has 4 heterocycles. The second kappa shape index (κ2) is 8.46. The zero-order chi connectivity index (χ0) is 21.4. The number of piperidine rings is 1. The molecule has 0 spiro atoms. The molecule has 1 aliphatic carbocycles. The third kappa shape index (κ3) is 3.99. The first-order valence-electron chi connectivity index (χ1n) is 11.6. The maximum absolute atomic E-state index is 13.2. The Balaban J connectivity index is 1.33. The largest absolute Gasteiger partial charge is 0.383 e. The van der Waals surface area contributed by atoms with E-state index in [1.54, 1.807) is 18.3 Å². The van der Waals surface area contributed by atoms with Crippen LogP contribution in [0.2, 0.25) is 0 Å². The van der Waals surface area contributed by atoms with E-state index in [1.807, 2.05) is 16.7 Å². The fraction of sp³-hybridized carbons (Fsp3) is 0.542. The minimum absolute atomic E-state index is 0.171. The van der Waals surface area contributed by atoms with Crippen LogP contribution in [0.4, 0.5) is 5.82 Å². The lowest BCUT2D eigenvalue weighted by molar-refractivity contribution is 0.0646. The van der Waals surface area contributed by atoms with E-state index in [2.05, 4.69) is 15.2 Å². The molecule has 2 aliphatic heterocycles. The average Bonchev–Trinajstić information content (AvgIpc) is 2.79. The van der Waals surface area contributed by atoms with E-state index < -0.39 is 0 Å². The molecule has 3 aliphatic rings. The number of amides is 1. The monoisotopic (exact) mass is 421 g/mol. The number of nitrogens with zero attached hydrogens (tertiary/aromatic N) is 3. The van der Waals surface area contributed by atoms with Gasteiger partial charge in [0.2, 0.25) is 0 Å². The minimum Gasteiger partial charge on any atom is -0.383 e. The molecule has 2 atom stereocenters. The Labute approximate surface area is 182 Å². The quantitative estimate of drug-likeness (QED) is 0.791. The number of rotatable bonds is 4. The van der Waals surface area contributed by atoms with E-state index in [0.717, 1.165) is 30.8 Å². The molecular formula is C24H31N5O2. The maximum Gasteiger partial charge on any atom is 0.263 e. The third-order valence-corrected chi connectivity index (χ3v) is 7.33. The van der Waals surface area contributed by atoms with Crippen LogP contribution in [-0.4, -0.2) is 39.5 Å². The molecule has 0 aromatic carbocycles. The normalized spacial score (nSPS) is 23.9. The second-order valence-electron chi connectivity index (χ2n) is 9.36. The Kier molecular flexibility index (Phi) is 5.52. The van der Waals surface area contributed by atoms with E-state index in [-0.39, 0.29) is 23.6 Å². The first-order valence-corrected chi connectivity index (χ1v) is 11.6. The number of fused-ring (bicyclic) bond motifs is 4. The van der Waals surface area contributed by atoms with Crippen LogP contribution in [-0.2, 0) is 13.1 Å². The average molecular weight is 422 g/mol. The first-order chi connectivity index (χ1) is 15.1. The summed E-state index contributed by atoms with van der Waals surface area (Å²) in [6.45, 7) is 3.07. The number of pyridine rings is 2. The van der Waals surface area contributed by atoms with Gasteiger partial charge < -0.3 is 15.6 Å². The van der Waals surface area contributed by atoms with Gasteiger partial charge in [0, 0.05) is 55.6 Å². The second-order valence-corrected chi connectivity index (χ2v) is 9.36. The Hall–Kier alpha value is -2.67. The van der Waals surface area contributed by atoms with Crippen molar-refractivity contribution in [2.24, 2.45) is 5.92 Å². The van der Waals surface area contributed by atoms with Crippen LogP contribution in [0.25, 0.3) is 0 Å². The Bertz CT molecular complexity index is 1030. The van der Waals surface area contributed by atoms with Crippen molar-refractivity contribution in [3.05, 3.63) is 57.6 Å². The predicted molar refractivity (Wildman–Crippen MR) is 120 cm³/mol. The molecule has 1 saturated carbocycles. The van der Waals surface area contributed by atoms with Gasteiger partial charge in [0.25, 0.3) is 11.5 Å². The molecular weight excluding hydrogens is 390 g/mol. The van der Waals surface area contributed by atoms with Gasteiger partial charge in [-0.3, -0.25) is 14.5 Å². The van der Waals surface area contributed by atoms with Gasteiger partial charge in [-0.1, -0.05) is 25.3 Å². The maximum atomic E-state index is 13.2. The standard InChI is InChI=1S/C24H31N5O2/c25-22-17(5-4-10-26-22)12-27-23(30)20-8-9-21-18-11-16(14-29(21)24(20)31)13-28(15-18)19-6-2-1-3-7-19/h4-5,8-10,16,18-19H,1-3,6-7,11-15H2,(H2,25,26)(H,27,30)/t16-,18+/m0/s1. The fourth-order valence-corrected chi connectivity index (χ4v) is 5.77. The van der Waals surface area contributed by atoms with Gasteiger partial charge in [-0.15, -0.1) is 0 Å². The topological polar surface area (TPSA) is 93.2 Å². The number of aromatic nitrogens is 2. The van der Waals surface area contributed by atoms with Crippen LogP contribution in [0, 0.1) is 5.92 Å². The van der Waals surface area contributed by atoms with Crippen molar-refractivity contribution in [3.63, 3.8) is 0 Å². The fourth-order valence-electron chi connectivity index (χ4n) is 5.77. The molecule has 2 bridgehead atoms. The number of anilines is 1. The Morgan fingerprint density at radius 1 is 1.13 bits per heavy atom. The lowest BCUT2D eigenvalue weighted by atomic mass is 9.81. The van der Waals surface area contributed by atoms with Crippen molar-refractivity contribution >= 4 is 11.7 Å². The molecule has 3 N–H and O–H groups in total.